The smallest absolute Gasteiger partial charge is 0.0883 e. The Hall–Kier alpha value is -0.0400. The van der Waals surface area contributed by atoms with Crippen molar-refractivity contribution >= 4 is 0 Å². The lowest BCUT2D eigenvalue weighted by atomic mass is 10.00. The van der Waals surface area contributed by atoms with E-state index in [1.54, 1.807) is 0 Å². The van der Waals surface area contributed by atoms with Gasteiger partial charge in [0.2, 0.25) is 0 Å². The molecule has 0 rings (SSSR count). The van der Waals surface area contributed by atoms with Gasteiger partial charge in [0.1, 0.15) is 0 Å². The van der Waals surface area contributed by atoms with Crippen LogP contribution in [0.15, 0.2) is 0 Å². The van der Waals surface area contributed by atoms with Crippen molar-refractivity contribution < 1.29 is 4.48 Å². The standard InChI is InChI=1S/C33H70N/c1-6-9-11-13-15-17-19-21-23-25-27-29-31-33(8-3)34(4,5)32-30-28-26-24-22-20-18-16-14-12-10-7-2/h33H,6-32H2,1-5H3/q+1. The molecule has 0 radical (unpaired) electrons. The van der Waals surface area contributed by atoms with Crippen molar-refractivity contribution in [3.8, 4) is 0 Å². The average molecular weight is 481 g/mol. The van der Waals surface area contributed by atoms with Gasteiger partial charge in [0, 0.05) is 0 Å². The molecule has 0 heterocycles. The normalized spacial score (nSPS) is 13.0. The first-order valence-electron chi connectivity index (χ1n) is 16.4. The molecule has 0 spiro atoms. The predicted octanol–water partition coefficient (Wildman–Crippen LogP) is 11.6. The predicted molar refractivity (Wildman–Crippen MR) is 158 cm³/mol. The minimum absolute atomic E-state index is 0.871. The lowest BCUT2D eigenvalue weighted by molar-refractivity contribution is -0.915. The Kier molecular flexibility index (Phi) is 26.0. The van der Waals surface area contributed by atoms with E-state index < -0.39 is 0 Å². The Morgan fingerprint density at radius 3 is 1.00 bits per heavy atom. The molecule has 0 aliphatic heterocycles. The lowest BCUT2D eigenvalue weighted by Gasteiger charge is -2.38. The fraction of sp³-hybridized carbons (Fsp3) is 1.00. The Balaban J connectivity index is 3.59. The van der Waals surface area contributed by atoms with Gasteiger partial charge in [-0.3, -0.25) is 0 Å². The monoisotopic (exact) mass is 481 g/mol. The van der Waals surface area contributed by atoms with Crippen LogP contribution in [0.2, 0.25) is 0 Å². The molecule has 0 aliphatic rings. The summed E-state index contributed by atoms with van der Waals surface area (Å²) in [5.41, 5.74) is 0. The van der Waals surface area contributed by atoms with E-state index in [1.165, 1.54) is 178 Å². The molecule has 206 valence electrons. The van der Waals surface area contributed by atoms with E-state index >= 15 is 0 Å². The molecule has 0 aliphatic carbocycles. The molecule has 0 aromatic rings. The maximum absolute atomic E-state index is 2.51. The SMILES string of the molecule is CCCCCCCCCCCCCCC(CC)[N+](C)(C)CCCCCCCCCCCCCC. The second kappa shape index (κ2) is 26.0. The van der Waals surface area contributed by atoms with Crippen molar-refractivity contribution in [1.29, 1.82) is 0 Å². The zero-order valence-corrected chi connectivity index (χ0v) is 25.1. The van der Waals surface area contributed by atoms with Gasteiger partial charge >= 0.3 is 0 Å². The Labute approximate surface area is 218 Å². The van der Waals surface area contributed by atoms with Crippen molar-refractivity contribution in [2.24, 2.45) is 0 Å². The van der Waals surface area contributed by atoms with E-state index in [2.05, 4.69) is 34.9 Å². The molecule has 1 nitrogen and oxygen atoms in total. The van der Waals surface area contributed by atoms with E-state index in [-0.39, 0.29) is 0 Å². The highest BCUT2D eigenvalue weighted by Gasteiger charge is 2.25. The number of nitrogens with zero attached hydrogens (tertiary/aromatic N) is 1. The van der Waals surface area contributed by atoms with Crippen LogP contribution >= 0.6 is 0 Å². The van der Waals surface area contributed by atoms with Gasteiger partial charge in [-0.15, -0.1) is 0 Å². The van der Waals surface area contributed by atoms with E-state index in [9.17, 15) is 0 Å². The number of hydrogen-bond donors (Lipinski definition) is 0. The van der Waals surface area contributed by atoms with Crippen LogP contribution in [-0.2, 0) is 0 Å². The highest BCUT2D eigenvalue weighted by Crippen LogP contribution is 2.21. The second-order valence-electron chi connectivity index (χ2n) is 12.1. The zero-order chi connectivity index (χ0) is 25.2. The van der Waals surface area contributed by atoms with Crippen molar-refractivity contribution in [3.05, 3.63) is 0 Å². The van der Waals surface area contributed by atoms with Crippen molar-refractivity contribution in [2.45, 2.75) is 194 Å². The molecule has 1 heteroatoms. The summed E-state index contributed by atoms with van der Waals surface area (Å²) >= 11 is 0. The number of rotatable bonds is 28. The average Bonchev–Trinajstić information content (AvgIpc) is 2.82. The summed E-state index contributed by atoms with van der Waals surface area (Å²) in [7, 11) is 5.01. The number of quaternary nitrogens is 1. The van der Waals surface area contributed by atoms with Crippen LogP contribution < -0.4 is 0 Å². The first-order chi connectivity index (χ1) is 16.6. The molecule has 1 atom stereocenters. The van der Waals surface area contributed by atoms with Crippen LogP contribution in [0.4, 0.5) is 0 Å². The highest BCUT2D eigenvalue weighted by molar-refractivity contribution is 4.59. The van der Waals surface area contributed by atoms with Crippen molar-refractivity contribution in [3.63, 3.8) is 0 Å². The van der Waals surface area contributed by atoms with Gasteiger partial charge in [0.05, 0.1) is 26.7 Å². The zero-order valence-electron chi connectivity index (χ0n) is 25.1. The Morgan fingerprint density at radius 2 is 0.676 bits per heavy atom. The first-order valence-corrected chi connectivity index (χ1v) is 16.4. The molecular formula is C33H70N+. The number of hydrogen-bond acceptors (Lipinski definition) is 0. The molecule has 0 saturated carbocycles. The van der Waals surface area contributed by atoms with Crippen LogP contribution in [0.3, 0.4) is 0 Å². The third-order valence-electron chi connectivity index (χ3n) is 8.44. The van der Waals surface area contributed by atoms with E-state index in [0.29, 0.717) is 0 Å². The molecule has 1 unspecified atom stereocenters. The summed E-state index contributed by atoms with van der Waals surface area (Å²) in [5, 5.41) is 0. The quantitative estimate of drug-likeness (QED) is 0.0771. The van der Waals surface area contributed by atoms with Crippen LogP contribution in [-0.4, -0.2) is 31.2 Å². The molecule has 0 aromatic heterocycles. The summed E-state index contributed by atoms with van der Waals surface area (Å²) in [6.45, 7) is 8.42. The first kappa shape index (κ1) is 34.0. The summed E-state index contributed by atoms with van der Waals surface area (Å²) < 4.78 is 1.26. The van der Waals surface area contributed by atoms with Crippen LogP contribution in [0.25, 0.3) is 0 Å². The van der Waals surface area contributed by atoms with Crippen molar-refractivity contribution in [2.75, 3.05) is 20.6 Å². The fourth-order valence-corrected chi connectivity index (χ4v) is 5.81. The lowest BCUT2D eigenvalue weighted by Crippen LogP contribution is -2.49. The number of unbranched alkanes of at least 4 members (excludes halogenated alkanes) is 22. The molecule has 0 fully saturated rings. The van der Waals surface area contributed by atoms with Gasteiger partial charge < -0.3 is 4.48 Å². The second-order valence-corrected chi connectivity index (χ2v) is 12.1. The molecule has 0 amide bonds. The van der Waals surface area contributed by atoms with E-state index in [0.717, 1.165) is 6.04 Å². The summed E-state index contributed by atoms with van der Waals surface area (Å²) in [6.07, 6.45) is 37.8. The summed E-state index contributed by atoms with van der Waals surface area (Å²) in [6, 6.07) is 0.871. The van der Waals surface area contributed by atoms with Gasteiger partial charge in [-0.05, 0) is 32.1 Å². The summed E-state index contributed by atoms with van der Waals surface area (Å²) in [4.78, 5) is 0. The molecule has 34 heavy (non-hydrogen) atoms. The van der Waals surface area contributed by atoms with Gasteiger partial charge in [0.25, 0.3) is 0 Å². The van der Waals surface area contributed by atoms with Crippen LogP contribution in [0, 0.1) is 0 Å². The largest absolute Gasteiger partial charge is 0.326 e. The van der Waals surface area contributed by atoms with E-state index in [1.807, 2.05) is 0 Å². The third kappa shape index (κ3) is 22.4. The fourth-order valence-electron chi connectivity index (χ4n) is 5.81. The third-order valence-corrected chi connectivity index (χ3v) is 8.44. The van der Waals surface area contributed by atoms with E-state index in [4.69, 9.17) is 0 Å². The maximum atomic E-state index is 2.51. The van der Waals surface area contributed by atoms with Gasteiger partial charge in [-0.25, -0.2) is 0 Å². The maximum Gasteiger partial charge on any atom is 0.0883 e. The van der Waals surface area contributed by atoms with Crippen molar-refractivity contribution in [1.82, 2.24) is 0 Å². The van der Waals surface area contributed by atoms with Crippen LogP contribution in [0.5, 0.6) is 0 Å². The van der Waals surface area contributed by atoms with Gasteiger partial charge in [-0.1, -0.05) is 156 Å². The van der Waals surface area contributed by atoms with Crippen LogP contribution in [0.1, 0.15) is 188 Å². The van der Waals surface area contributed by atoms with Gasteiger partial charge in [0.15, 0.2) is 0 Å². The molecular weight excluding hydrogens is 410 g/mol. The Bertz CT molecular complexity index is 375. The Morgan fingerprint density at radius 1 is 0.382 bits per heavy atom. The topological polar surface area (TPSA) is 0 Å². The highest BCUT2D eigenvalue weighted by atomic mass is 15.3. The minimum atomic E-state index is 0.871. The summed E-state index contributed by atoms with van der Waals surface area (Å²) in [5.74, 6) is 0. The van der Waals surface area contributed by atoms with Gasteiger partial charge in [-0.2, -0.15) is 0 Å². The molecule has 0 bridgehead atoms. The molecule has 0 N–H and O–H groups in total. The molecule has 0 aromatic carbocycles. The minimum Gasteiger partial charge on any atom is -0.326 e. The molecule has 0 saturated heterocycles.